The molecule has 3 N–H and O–H groups in total. The maximum absolute atomic E-state index is 13.2. The molecule has 2 unspecified atom stereocenters. The van der Waals surface area contributed by atoms with E-state index in [4.69, 9.17) is 0 Å². The van der Waals surface area contributed by atoms with Crippen molar-refractivity contribution in [2.24, 2.45) is 0 Å². The van der Waals surface area contributed by atoms with Gasteiger partial charge in [0.1, 0.15) is 17.9 Å². The summed E-state index contributed by atoms with van der Waals surface area (Å²) in [6.07, 6.45) is -1.14. The highest BCUT2D eigenvalue weighted by Gasteiger charge is 2.49. The lowest BCUT2D eigenvalue weighted by Gasteiger charge is -2.22. The number of halogens is 1. The normalized spacial score (nSPS) is 19.1. The molecule has 0 aromatic heterocycles. The van der Waals surface area contributed by atoms with Crippen LogP contribution in [0.1, 0.15) is 24.2 Å². The maximum Gasteiger partial charge on any atom is 0.325 e. The topological polar surface area (TPSA) is 142 Å². The van der Waals surface area contributed by atoms with Crippen LogP contribution in [0.2, 0.25) is 0 Å². The molecule has 1 saturated heterocycles. The number of rotatable bonds is 7. The molecule has 1 aliphatic heterocycles. The Morgan fingerprint density at radius 1 is 1.23 bits per heavy atom. The number of nitrogens with one attached hydrogen (secondary N) is 2. The third kappa shape index (κ3) is 4.51. The van der Waals surface area contributed by atoms with Gasteiger partial charge in [-0.2, -0.15) is 0 Å². The number of carbonyl (C=O) groups is 3. The van der Waals surface area contributed by atoms with Gasteiger partial charge >= 0.3 is 6.03 Å². The van der Waals surface area contributed by atoms with Crippen molar-refractivity contribution in [1.29, 1.82) is 0 Å². The van der Waals surface area contributed by atoms with E-state index in [2.05, 4.69) is 10.6 Å². The van der Waals surface area contributed by atoms with Crippen molar-refractivity contribution >= 4 is 23.5 Å². The fraction of sp³-hybridized carbons (Fsp3) is 0.250. The van der Waals surface area contributed by atoms with E-state index in [-0.39, 0.29) is 12.2 Å². The van der Waals surface area contributed by atoms with Gasteiger partial charge in [-0.3, -0.25) is 24.6 Å². The monoisotopic (exact) mass is 430 g/mol. The summed E-state index contributed by atoms with van der Waals surface area (Å²) in [7, 11) is 0. The average Bonchev–Trinajstić information content (AvgIpc) is 2.96. The molecule has 0 bridgehead atoms. The molecule has 1 fully saturated rings. The lowest BCUT2D eigenvalue weighted by atomic mass is 9.92. The van der Waals surface area contributed by atoms with Crippen molar-refractivity contribution in [2.45, 2.75) is 18.6 Å². The SMILES string of the molecule is CC1(c2ccc(F)cc2)NC(=O)N(CC(=O)NCC(O)c2ccc([N+](=O)[O-])cc2)C1=O. The molecule has 2 atom stereocenters. The van der Waals surface area contributed by atoms with E-state index in [1.54, 1.807) is 0 Å². The van der Waals surface area contributed by atoms with Gasteiger partial charge < -0.3 is 15.7 Å². The van der Waals surface area contributed by atoms with E-state index in [0.29, 0.717) is 11.1 Å². The Morgan fingerprint density at radius 3 is 2.42 bits per heavy atom. The molecule has 0 saturated carbocycles. The Kier molecular flexibility index (Phi) is 5.97. The minimum Gasteiger partial charge on any atom is -0.387 e. The van der Waals surface area contributed by atoms with E-state index in [9.17, 15) is 34.0 Å². The van der Waals surface area contributed by atoms with Crippen LogP contribution in [0.15, 0.2) is 48.5 Å². The van der Waals surface area contributed by atoms with Crippen LogP contribution in [0.5, 0.6) is 0 Å². The van der Waals surface area contributed by atoms with E-state index in [0.717, 1.165) is 17.0 Å². The number of hydrogen-bond acceptors (Lipinski definition) is 6. The summed E-state index contributed by atoms with van der Waals surface area (Å²) >= 11 is 0. The molecule has 3 rings (SSSR count). The summed E-state index contributed by atoms with van der Waals surface area (Å²) in [5.41, 5.74) is -0.861. The first-order chi connectivity index (χ1) is 14.6. The highest BCUT2D eigenvalue weighted by atomic mass is 19.1. The van der Waals surface area contributed by atoms with Gasteiger partial charge in [0.2, 0.25) is 5.91 Å². The minimum atomic E-state index is -1.44. The van der Waals surface area contributed by atoms with Crippen molar-refractivity contribution in [3.8, 4) is 0 Å². The first-order valence-corrected chi connectivity index (χ1v) is 9.21. The van der Waals surface area contributed by atoms with Crippen molar-refractivity contribution < 1.29 is 28.8 Å². The first kappa shape index (κ1) is 21.8. The molecule has 0 spiro atoms. The second-order valence-corrected chi connectivity index (χ2v) is 7.12. The molecule has 2 aromatic carbocycles. The number of carbonyl (C=O) groups excluding carboxylic acids is 3. The quantitative estimate of drug-likeness (QED) is 0.344. The Labute approximate surface area is 175 Å². The van der Waals surface area contributed by atoms with Gasteiger partial charge in [0.25, 0.3) is 11.6 Å². The second-order valence-electron chi connectivity index (χ2n) is 7.12. The van der Waals surface area contributed by atoms with Crippen LogP contribution in [-0.4, -0.2) is 45.9 Å². The fourth-order valence-corrected chi connectivity index (χ4v) is 3.17. The molecule has 162 valence electrons. The van der Waals surface area contributed by atoms with Crippen molar-refractivity contribution in [1.82, 2.24) is 15.5 Å². The maximum atomic E-state index is 13.2. The Balaban J connectivity index is 1.59. The predicted octanol–water partition coefficient (Wildman–Crippen LogP) is 1.35. The zero-order valence-corrected chi connectivity index (χ0v) is 16.4. The summed E-state index contributed by atoms with van der Waals surface area (Å²) in [6.45, 7) is 0.653. The van der Waals surface area contributed by atoms with Crippen LogP contribution in [0.4, 0.5) is 14.9 Å². The third-order valence-electron chi connectivity index (χ3n) is 4.98. The van der Waals surface area contributed by atoms with Crippen LogP contribution in [-0.2, 0) is 15.1 Å². The third-order valence-corrected chi connectivity index (χ3v) is 4.98. The molecule has 10 nitrogen and oxygen atoms in total. The zero-order chi connectivity index (χ0) is 22.8. The van der Waals surface area contributed by atoms with Gasteiger partial charge in [-0.1, -0.05) is 12.1 Å². The van der Waals surface area contributed by atoms with E-state index in [1.807, 2.05) is 0 Å². The van der Waals surface area contributed by atoms with E-state index < -0.39 is 46.8 Å². The van der Waals surface area contributed by atoms with Crippen LogP contribution in [0.25, 0.3) is 0 Å². The number of nitro benzene ring substituents is 1. The number of urea groups is 1. The zero-order valence-electron chi connectivity index (χ0n) is 16.4. The lowest BCUT2D eigenvalue weighted by Crippen LogP contribution is -2.43. The standard InChI is InChI=1S/C20H19FN4O6/c1-20(13-4-6-14(21)7-5-13)18(28)24(19(29)23-20)11-17(27)22-10-16(26)12-2-8-15(9-3-12)25(30)31/h2-9,16,26H,10-11H2,1H3,(H,22,27)(H,23,29). The van der Waals surface area contributed by atoms with Gasteiger partial charge in [-0.05, 0) is 42.3 Å². The second kappa shape index (κ2) is 8.48. The van der Waals surface area contributed by atoms with Crippen LogP contribution in [0, 0.1) is 15.9 Å². The number of aliphatic hydroxyl groups is 1. The molecular formula is C20H19FN4O6. The van der Waals surface area contributed by atoms with E-state index >= 15 is 0 Å². The number of nitro groups is 1. The summed E-state index contributed by atoms with van der Waals surface area (Å²) < 4.78 is 13.2. The Morgan fingerprint density at radius 2 is 1.84 bits per heavy atom. The molecule has 1 aliphatic rings. The first-order valence-electron chi connectivity index (χ1n) is 9.21. The van der Waals surface area contributed by atoms with Crippen molar-refractivity contribution in [3.63, 3.8) is 0 Å². The number of hydrogen-bond donors (Lipinski definition) is 3. The van der Waals surface area contributed by atoms with Gasteiger partial charge in [0.05, 0.1) is 11.0 Å². The number of non-ortho nitro benzene ring substituents is 1. The molecule has 1 heterocycles. The number of aliphatic hydroxyl groups excluding tert-OH is 1. The smallest absolute Gasteiger partial charge is 0.325 e. The predicted molar refractivity (Wildman–Crippen MR) is 105 cm³/mol. The Hall–Kier alpha value is -3.86. The molecule has 4 amide bonds. The Bertz CT molecular complexity index is 1030. The largest absolute Gasteiger partial charge is 0.387 e. The van der Waals surface area contributed by atoms with Gasteiger partial charge in [0, 0.05) is 18.7 Å². The highest BCUT2D eigenvalue weighted by molar-refractivity contribution is 6.09. The molecule has 2 aromatic rings. The molecule has 31 heavy (non-hydrogen) atoms. The highest BCUT2D eigenvalue weighted by Crippen LogP contribution is 2.28. The summed E-state index contributed by atoms with van der Waals surface area (Å²) in [6, 6.07) is 9.47. The summed E-state index contributed by atoms with van der Waals surface area (Å²) in [4.78, 5) is 48.1. The van der Waals surface area contributed by atoms with Crippen LogP contribution >= 0.6 is 0 Å². The van der Waals surface area contributed by atoms with Gasteiger partial charge in [-0.25, -0.2) is 9.18 Å². The number of nitrogens with zero attached hydrogens (tertiary/aromatic N) is 2. The van der Waals surface area contributed by atoms with Crippen LogP contribution in [0.3, 0.4) is 0 Å². The molecule has 11 heteroatoms. The fourth-order valence-electron chi connectivity index (χ4n) is 3.17. The summed E-state index contributed by atoms with van der Waals surface area (Å²) in [5.74, 6) is -1.85. The number of benzene rings is 2. The molecule has 0 radical (unpaired) electrons. The van der Waals surface area contributed by atoms with Gasteiger partial charge in [-0.15, -0.1) is 0 Å². The van der Waals surface area contributed by atoms with Crippen LogP contribution < -0.4 is 10.6 Å². The number of imide groups is 1. The number of amides is 4. The molecule has 0 aliphatic carbocycles. The lowest BCUT2D eigenvalue weighted by molar-refractivity contribution is -0.384. The molecular weight excluding hydrogens is 411 g/mol. The average molecular weight is 430 g/mol. The van der Waals surface area contributed by atoms with Crippen molar-refractivity contribution in [3.05, 3.63) is 75.6 Å². The van der Waals surface area contributed by atoms with Gasteiger partial charge in [0.15, 0.2) is 0 Å². The van der Waals surface area contributed by atoms with Crippen molar-refractivity contribution in [2.75, 3.05) is 13.1 Å². The van der Waals surface area contributed by atoms with E-state index in [1.165, 1.54) is 43.3 Å². The summed E-state index contributed by atoms with van der Waals surface area (Å²) in [5, 5.41) is 25.7. The minimum absolute atomic E-state index is 0.136.